The lowest BCUT2D eigenvalue weighted by Gasteiger charge is -2.19. The van der Waals surface area contributed by atoms with Crippen LogP contribution in [0.5, 0.6) is 11.5 Å². The number of ether oxygens (including phenoxy) is 2. The number of hydrogen-bond acceptors (Lipinski definition) is 6. The van der Waals surface area contributed by atoms with Gasteiger partial charge in [-0.3, -0.25) is 0 Å². The third-order valence-electron chi connectivity index (χ3n) is 3.65. The van der Waals surface area contributed by atoms with Gasteiger partial charge >= 0.3 is 0 Å². The highest BCUT2D eigenvalue weighted by Gasteiger charge is 2.15. The molecule has 0 saturated heterocycles. The van der Waals surface area contributed by atoms with E-state index in [0.717, 1.165) is 39.6 Å². The Labute approximate surface area is 132 Å². The normalized spacial score (nSPS) is 12.8. The van der Waals surface area contributed by atoms with Crippen molar-refractivity contribution in [2.24, 2.45) is 0 Å². The molecular weight excluding hydrogens is 298 g/mol. The molecule has 3 aromatic rings. The number of benzene rings is 1. The van der Waals surface area contributed by atoms with Gasteiger partial charge in [0.2, 0.25) is 6.79 Å². The Bertz CT molecular complexity index is 847. The molecule has 0 fully saturated rings. The third kappa shape index (κ3) is 2.25. The Morgan fingerprint density at radius 3 is 2.95 bits per heavy atom. The van der Waals surface area contributed by atoms with E-state index in [0.29, 0.717) is 6.79 Å². The second-order valence-corrected chi connectivity index (χ2v) is 6.55. The van der Waals surface area contributed by atoms with E-state index in [1.165, 1.54) is 4.88 Å². The van der Waals surface area contributed by atoms with Gasteiger partial charge in [-0.05, 0) is 30.7 Å². The fourth-order valence-corrected chi connectivity index (χ4v) is 3.50. The van der Waals surface area contributed by atoms with Crippen molar-refractivity contribution in [2.75, 3.05) is 18.7 Å². The Balaban J connectivity index is 1.64. The predicted molar refractivity (Wildman–Crippen MR) is 86.8 cm³/mol. The Morgan fingerprint density at radius 1 is 1.18 bits per heavy atom. The van der Waals surface area contributed by atoms with Crippen molar-refractivity contribution in [1.29, 1.82) is 0 Å². The molecule has 4 rings (SSSR count). The Kier molecular flexibility index (Phi) is 3.11. The van der Waals surface area contributed by atoms with Gasteiger partial charge in [0.1, 0.15) is 17.0 Å². The number of nitrogens with zero attached hydrogens (tertiary/aromatic N) is 3. The molecule has 0 aliphatic carbocycles. The van der Waals surface area contributed by atoms with Crippen LogP contribution < -0.4 is 14.4 Å². The van der Waals surface area contributed by atoms with Crippen LogP contribution in [0.15, 0.2) is 30.6 Å². The molecule has 6 heteroatoms. The van der Waals surface area contributed by atoms with E-state index in [2.05, 4.69) is 33.9 Å². The Morgan fingerprint density at radius 2 is 2.05 bits per heavy atom. The summed E-state index contributed by atoms with van der Waals surface area (Å²) in [6.45, 7) is 3.14. The lowest BCUT2D eigenvalue weighted by atomic mass is 10.2. The molecule has 0 N–H and O–H groups in total. The molecule has 1 aromatic carbocycles. The van der Waals surface area contributed by atoms with Crippen molar-refractivity contribution >= 4 is 27.4 Å². The van der Waals surface area contributed by atoms with Crippen LogP contribution >= 0.6 is 11.3 Å². The molecule has 0 amide bonds. The molecule has 0 bridgehead atoms. The van der Waals surface area contributed by atoms with E-state index < -0.39 is 0 Å². The monoisotopic (exact) mass is 313 g/mol. The number of hydrogen-bond donors (Lipinski definition) is 0. The zero-order chi connectivity index (χ0) is 15.1. The zero-order valence-electron chi connectivity index (χ0n) is 12.4. The minimum absolute atomic E-state index is 0.301. The van der Waals surface area contributed by atoms with Crippen LogP contribution in [0, 0.1) is 6.92 Å². The van der Waals surface area contributed by atoms with Gasteiger partial charge in [0.25, 0.3) is 0 Å². The largest absolute Gasteiger partial charge is 0.454 e. The summed E-state index contributed by atoms with van der Waals surface area (Å²) in [6.07, 6.45) is 1.63. The number of anilines is 1. The van der Waals surface area contributed by atoms with Crippen molar-refractivity contribution in [1.82, 2.24) is 9.97 Å². The van der Waals surface area contributed by atoms with E-state index in [9.17, 15) is 0 Å². The highest BCUT2D eigenvalue weighted by molar-refractivity contribution is 7.18. The standard InChI is InChI=1S/C16H15N3O2S/c1-10-5-12-15(17-8-18-16(12)22-10)19(2)7-11-3-4-13-14(6-11)21-9-20-13/h3-6,8H,7,9H2,1-2H3. The maximum atomic E-state index is 5.44. The maximum absolute atomic E-state index is 5.44. The average Bonchev–Trinajstić information content (AvgIpc) is 3.10. The lowest BCUT2D eigenvalue weighted by molar-refractivity contribution is 0.174. The van der Waals surface area contributed by atoms with Crippen LogP contribution in [0.3, 0.4) is 0 Å². The van der Waals surface area contributed by atoms with Gasteiger partial charge in [-0.2, -0.15) is 0 Å². The van der Waals surface area contributed by atoms with Crippen molar-refractivity contribution in [3.8, 4) is 11.5 Å². The SMILES string of the molecule is Cc1cc2c(N(C)Cc3ccc4c(c3)OCO4)ncnc2s1. The summed E-state index contributed by atoms with van der Waals surface area (Å²) in [6, 6.07) is 8.18. The smallest absolute Gasteiger partial charge is 0.231 e. The molecular formula is C16H15N3O2S. The van der Waals surface area contributed by atoms with E-state index in [1.807, 2.05) is 19.2 Å². The minimum atomic E-state index is 0.301. The topological polar surface area (TPSA) is 47.5 Å². The quantitative estimate of drug-likeness (QED) is 0.742. The van der Waals surface area contributed by atoms with Crippen molar-refractivity contribution in [3.05, 3.63) is 41.0 Å². The van der Waals surface area contributed by atoms with Gasteiger partial charge in [-0.25, -0.2) is 9.97 Å². The highest BCUT2D eigenvalue weighted by Crippen LogP contribution is 2.34. The van der Waals surface area contributed by atoms with Crippen LogP contribution in [-0.4, -0.2) is 23.8 Å². The van der Waals surface area contributed by atoms with Crippen LogP contribution in [0.2, 0.25) is 0 Å². The van der Waals surface area contributed by atoms with Gasteiger partial charge in [0, 0.05) is 18.5 Å². The first-order valence-corrected chi connectivity index (χ1v) is 7.83. The molecule has 1 aliphatic rings. The molecule has 0 radical (unpaired) electrons. The number of fused-ring (bicyclic) bond motifs is 2. The first-order valence-electron chi connectivity index (χ1n) is 7.01. The first-order chi connectivity index (χ1) is 10.7. The number of aromatic nitrogens is 2. The van der Waals surface area contributed by atoms with Gasteiger partial charge in [-0.15, -0.1) is 11.3 Å². The Hall–Kier alpha value is -2.34. The fourth-order valence-electron chi connectivity index (χ4n) is 2.66. The molecule has 0 atom stereocenters. The van der Waals surface area contributed by atoms with E-state index in [1.54, 1.807) is 17.7 Å². The molecule has 0 unspecified atom stereocenters. The summed E-state index contributed by atoms with van der Waals surface area (Å²) in [7, 11) is 2.04. The van der Waals surface area contributed by atoms with Gasteiger partial charge in [-0.1, -0.05) is 6.07 Å². The van der Waals surface area contributed by atoms with Crippen LogP contribution in [-0.2, 0) is 6.54 Å². The summed E-state index contributed by atoms with van der Waals surface area (Å²) in [5, 5.41) is 1.10. The maximum Gasteiger partial charge on any atom is 0.231 e. The van der Waals surface area contributed by atoms with E-state index in [4.69, 9.17) is 9.47 Å². The van der Waals surface area contributed by atoms with Crippen LogP contribution in [0.4, 0.5) is 5.82 Å². The van der Waals surface area contributed by atoms with Gasteiger partial charge in [0.05, 0.1) is 5.39 Å². The summed E-state index contributed by atoms with van der Waals surface area (Å²) >= 11 is 1.69. The molecule has 5 nitrogen and oxygen atoms in total. The third-order valence-corrected chi connectivity index (χ3v) is 4.61. The highest BCUT2D eigenvalue weighted by atomic mass is 32.1. The molecule has 0 saturated carbocycles. The molecule has 3 heterocycles. The van der Waals surface area contributed by atoms with Crippen LogP contribution in [0.25, 0.3) is 10.2 Å². The number of thiophene rings is 1. The average molecular weight is 313 g/mol. The number of aryl methyl sites for hydroxylation is 1. The van der Waals surface area contributed by atoms with Crippen LogP contribution in [0.1, 0.15) is 10.4 Å². The molecule has 112 valence electrons. The van der Waals surface area contributed by atoms with Crippen molar-refractivity contribution < 1.29 is 9.47 Å². The molecule has 22 heavy (non-hydrogen) atoms. The van der Waals surface area contributed by atoms with E-state index in [-0.39, 0.29) is 0 Å². The number of rotatable bonds is 3. The minimum Gasteiger partial charge on any atom is -0.454 e. The van der Waals surface area contributed by atoms with Crippen molar-refractivity contribution in [2.45, 2.75) is 13.5 Å². The summed E-state index contributed by atoms with van der Waals surface area (Å²) in [5.41, 5.74) is 1.16. The first kappa shape index (κ1) is 13.3. The molecule has 2 aromatic heterocycles. The zero-order valence-corrected chi connectivity index (χ0v) is 13.2. The van der Waals surface area contributed by atoms with Gasteiger partial charge in [0.15, 0.2) is 11.5 Å². The van der Waals surface area contributed by atoms with Crippen molar-refractivity contribution in [3.63, 3.8) is 0 Å². The fraction of sp³-hybridized carbons (Fsp3) is 0.250. The molecule has 1 aliphatic heterocycles. The predicted octanol–water partition coefficient (Wildman–Crippen LogP) is 3.36. The summed E-state index contributed by atoms with van der Waals surface area (Å²) in [5.74, 6) is 2.57. The van der Waals surface area contributed by atoms with Gasteiger partial charge < -0.3 is 14.4 Å². The molecule has 0 spiro atoms. The lowest BCUT2D eigenvalue weighted by Crippen LogP contribution is -2.17. The summed E-state index contributed by atoms with van der Waals surface area (Å²) < 4.78 is 10.8. The summed E-state index contributed by atoms with van der Waals surface area (Å²) in [4.78, 5) is 13.2. The second-order valence-electron chi connectivity index (χ2n) is 5.32. The second kappa shape index (κ2) is 5.14. The van der Waals surface area contributed by atoms with E-state index >= 15 is 0 Å².